The number of amides is 2. The van der Waals surface area contributed by atoms with Gasteiger partial charge in [0.25, 0.3) is 5.91 Å². The van der Waals surface area contributed by atoms with Gasteiger partial charge in [-0.2, -0.15) is 0 Å². The molecule has 3 heterocycles. The normalized spacial score (nSPS) is 23.2. The van der Waals surface area contributed by atoms with Crippen LogP contribution >= 0.6 is 0 Å². The van der Waals surface area contributed by atoms with E-state index in [2.05, 4.69) is 18.7 Å². The number of aromatic nitrogens is 1. The van der Waals surface area contributed by atoms with E-state index in [1.165, 1.54) is 0 Å². The van der Waals surface area contributed by atoms with Crippen LogP contribution in [0, 0.1) is 0 Å². The first-order valence-electron chi connectivity index (χ1n) is 8.94. The fraction of sp³-hybridized carbons (Fsp3) is 0.667. The van der Waals surface area contributed by atoms with E-state index in [0.29, 0.717) is 13.1 Å². The molecule has 24 heavy (non-hydrogen) atoms. The van der Waals surface area contributed by atoms with E-state index in [9.17, 15) is 9.59 Å². The van der Waals surface area contributed by atoms with Crippen molar-refractivity contribution in [2.24, 2.45) is 7.05 Å². The third kappa shape index (κ3) is 3.20. The van der Waals surface area contributed by atoms with Crippen molar-refractivity contribution in [1.29, 1.82) is 0 Å². The molecule has 0 bridgehead atoms. The summed E-state index contributed by atoms with van der Waals surface area (Å²) >= 11 is 0. The number of nitrogens with zero attached hydrogens (tertiary/aromatic N) is 4. The van der Waals surface area contributed by atoms with Crippen LogP contribution in [0.2, 0.25) is 0 Å². The second kappa shape index (κ2) is 6.97. The average Bonchev–Trinajstić information content (AvgIpc) is 3.00. The Morgan fingerprint density at radius 2 is 1.88 bits per heavy atom. The summed E-state index contributed by atoms with van der Waals surface area (Å²) in [6, 6.07) is 4.01. The Balaban J connectivity index is 1.60. The summed E-state index contributed by atoms with van der Waals surface area (Å²) in [5, 5.41) is 0. The molecule has 0 saturated carbocycles. The smallest absolute Gasteiger partial charge is 0.270 e. The van der Waals surface area contributed by atoms with E-state index in [0.717, 1.165) is 38.2 Å². The summed E-state index contributed by atoms with van der Waals surface area (Å²) in [4.78, 5) is 31.5. The van der Waals surface area contributed by atoms with E-state index < -0.39 is 0 Å². The summed E-state index contributed by atoms with van der Waals surface area (Å²) < 4.78 is 1.86. The zero-order valence-electron chi connectivity index (χ0n) is 14.9. The van der Waals surface area contributed by atoms with Crippen LogP contribution in [-0.4, -0.2) is 75.9 Å². The molecule has 2 amide bonds. The summed E-state index contributed by atoms with van der Waals surface area (Å²) in [5.74, 6) is 0.347. The first-order chi connectivity index (χ1) is 11.5. The van der Waals surface area contributed by atoms with Gasteiger partial charge in [0.2, 0.25) is 5.91 Å². The molecule has 2 fully saturated rings. The average molecular weight is 332 g/mol. The molecule has 0 aliphatic carbocycles. The fourth-order valence-corrected chi connectivity index (χ4v) is 3.81. The van der Waals surface area contributed by atoms with Gasteiger partial charge in [-0.1, -0.05) is 0 Å². The monoisotopic (exact) mass is 332 g/mol. The van der Waals surface area contributed by atoms with Gasteiger partial charge in [0.15, 0.2) is 0 Å². The second-order valence-corrected chi connectivity index (χ2v) is 7.12. The molecule has 1 aromatic heterocycles. The van der Waals surface area contributed by atoms with Crippen LogP contribution in [0.5, 0.6) is 0 Å². The van der Waals surface area contributed by atoms with Crippen LogP contribution in [0.3, 0.4) is 0 Å². The minimum Gasteiger partial charge on any atom is -0.347 e. The zero-order chi connectivity index (χ0) is 17.3. The Kier molecular flexibility index (Phi) is 4.94. The zero-order valence-corrected chi connectivity index (χ0v) is 14.9. The number of piperazine rings is 1. The molecule has 0 N–H and O–H groups in total. The Morgan fingerprint density at radius 3 is 2.46 bits per heavy atom. The molecule has 132 valence electrons. The van der Waals surface area contributed by atoms with Crippen LogP contribution in [0.1, 0.15) is 37.2 Å². The number of aryl methyl sites for hydroxylation is 1. The van der Waals surface area contributed by atoms with Gasteiger partial charge >= 0.3 is 0 Å². The van der Waals surface area contributed by atoms with Gasteiger partial charge in [0.1, 0.15) is 5.69 Å². The van der Waals surface area contributed by atoms with Crippen LogP contribution in [0.4, 0.5) is 0 Å². The number of hydrogen-bond acceptors (Lipinski definition) is 3. The maximum atomic E-state index is 12.7. The molecule has 2 aliphatic rings. The van der Waals surface area contributed by atoms with E-state index in [1.54, 1.807) is 0 Å². The lowest BCUT2D eigenvalue weighted by Gasteiger charge is -2.43. The lowest BCUT2D eigenvalue weighted by atomic mass is 10.0. The number of carbonyl (C=O) groups excluding carboxylic acids is 2. The minimum atomic E-state index is -0.00608. The predicted molar refractivity (Wildman–Crippen MR) is 92.8 cm³/mol. The molecular formula is C18H28N4O2. The maximum Gasteiger partial charge on any atom is 0.270 e. The van der Waals surface area contributed by atoms with Crippen molar-refractivity contribution in [3.8, 4) is 0 Å². The summed E-state index contributed by atoms with van der Waals surface area (Å²) in [6.07, 6.45) is 3.90. The highest BCUT2D eigenvalue weighted by Crippen LogP contribution is 2.21. The number of likely N-dealkylation sites (tertiary alicyclic amines) is 1. The fourth-order valence-electron chi connectivity index (χ4n) is 3.81. The highest BCUT2D eigenvalue weighted by Gasteiger charge is 2.36. The molecule has 0 radical (unpaired) electrons. The van der Waals surface area contributed by atoms with Gasteiger partial charge in [-0.3, -0.25) is 14.5 Å². The largest absolute Gasteiger partial charge is 0.347 e. The topological polar surface area (TPSA) is 48.8 Å². The van der Waals surface area contributed by atoms with Crippen molar-refractivity contribution >= 4 is 11.8 Å². The number of carbonyl (C=O) groups is 2. The van der Waals surface area contributed by atoms with Gasteiger partial charge in [0.05, 0.1) is 6.04 Å². The van der Waals surface area contributed by atoms with Crippen LogP contribution < -0.4 is 0 Å². The Bertz CT molecular complexity index is 602. The first kappa shape index (κ1) is 17.0. The standard InChI is InChI=1S/C18H28N4O2/c1-14(2)22-9-5-7-16(18(22)24)20-10-12-21(13-11-20)17(23)15-6-4-8-19(15)3/h4,6,8,14,16H,5,7,9-13H2,1-3H3. The van der Waals surface area contributed by atoms with Gasteiger partial charge in [-0.05, 0) is 38.8 Å². The lowest BCUT2D eigenvalue weighted by Crippen LogP contribution is -2.59. The van der Waals surface area contributed by atoms with Crippen molar-refractivity contribution in [3.05, 3.63) is 24.0 Å². The van der Waals surface area contributed by atoms with Crippen molar-refractivity contribution in [1.82, 2.24) is 19.3 Å². The highest BCUT2D eigenvalue weighted by atomic mass is 16.2. The molecular weight excluding hydrogens is 304 g/mol. The van der Waals surface area contributed by atoms with Crippen molar-refractivity contribution in [3.63, 3.8) is 0 Å². The summed E-state index contributed by atoms with van der Waals surface area (Å²) in [6.45, 7) is 7.97. The molecule has 1 unspecified atom stereocenters. The molecule has 0 spiro atoms. The minimum absolute atomic E-state index is 0.00608. The molecule has 3 rings (SSSR count). The molecule has 2 aliphatic heterocycles. The quantitative estimate of drug-likeness (QED) is 0.835. The third-order valence-corrected chi connectivity index (χ3v) is 5.27. The molecule has 6 nitrogen and oxygen atoms in total. The molecule has 6 heteroatoms. The van der Waals surface area contributed by atoms with Crippen molar-refractivity contribution in [2.45, 2.75) is 38.8 Å². The Morgan fingerprint density at radius 1 is 1.17 bits per heavy atom. The van der Waals surface area contributed by atoms with Gasteiger partial charge in [-0.25, -0.2) is 0 Å². The number of piperidine rings is 1. The number of rotatable bonds is 3. The van der Waals surface area contributed by atoms with Crippen LogP contribution in [0.15, 0.2) is 18.3 Å². The maximum absolute atomic E-state index is 12.7. The predicted octanol–water partition coefficient (Wildman–Crippen LogP) is 1.18. The number of hydrogen-bond donors (Lipinski definition) is 0. The van der Waals surface area contributed by atoms with Crippen molar-refractivity contribution in [2.75, 3.05) is 32.7 Å². The van der Waals surface area contributed by atoms with E-state index in [1.807, 2.05) is 39.7 Å². The molecule has 2 saturated heterocycles. The second-order valence-electron chi connectivity index (χ2n) is 7.12. The first-order valence-corrected chi connectivity index (χ1v) is 8.94. The van der Waals surface area contributed by atoms with Gasteiger partial charge < -0.3 is 14.4 Å². The van der Waals surface area contributed by atoms with E-state index in [4.69, 9.17) is 0 Å². The summed E-state index contributed by atoms with van der Waals surface area (Å²) in [7, 11) is 1.89. The van der Waals surface area contributed by atoms with Crippen LogP contribution in [-0.2, 0) is 11.8 Å². The SMILES string of the molecule is CC(C)N1CCCC(N2CCN(C(=O)c3cccn3C)CC2)C1=O. The van der Waals surface area contributed by atoms with Gasteiger partial charge in [0, 0.05) is 52.0 Å². The van der Waals surface area contributed by atoms with E-state index in [-0.39, 0.29) is 23.9 Å². The summed E-state index contributed by atoms with van der Waals surface area (Å²) in [5.41, 5.74) is 0.725. The van der Waals surface area contributed by atoms with Crippen LogP contribution in [0.25, 0.3) is 0 Å². The third-order valence-electron chi connectivity index (χ3n) is 5.27. The Labute approximate surface area is 144 Å². The molecule has 0 aromatic carbocycles. The Hall–Kier alpha value is -1.82. The molecule has 1 atom stereocenters. The van der Waals surface area contributed by atoms with Gasteiger partial charge in [-0.15, -0.1) is 0 Å². The molecule has 1 aromatic rings. The van der Waals surface area contributed by atoms with Crippen molar-refractivity contribution < 1.29 is 9.59 Å². The lowest BCUT2D eigenvalue weighted by molar-refractivity contribution is -0.142. The van der Waals surface area contributed by atoms with E-state index >= 15 is 0 Å². The highest BCUT2D eigenvalue weighted by molar-refractivity contribution is 5.92.